The lowest BCUT2D eigenvalue weighted by Crippen LogP contribution is -2.49. The molecule has 0 heterocycles. The zero-order valence-corrected chi connectivity index (χ0v) is 16.7. The number of nitrogens with zero attached hydrogens (tertiary/aromatic N) is 2. The van der Waals surface area contributed by atoms with Crippen LogP contribution in [0.15, 0.2) is 54.6 Å². The Morgan fingerprint density at radius 2 is 1.65 bits per heavy atom. The maximum Gasteiger partial charge on any atom is 0.246 e. The van der Waals surface area contributed by atoms with E-state index in [4.69, 9.17) is 11.6 Å². The first-order valence-corrected chi connectivity index (χ1v) is 10.5. The summed E-state index contributed by atoms with van der Waals surface area (Å²) < 4.78 is 26.0. The van der Waals surface area contributed by atoms with E-state index in [0.29, 0.717) is 23.7 Å². The molecule has 0 radical (unpaired) electrons. The van der Waals surface area contributed by atoms with Crippen molar-refractivity contribution in [1.82, 2.24) is 4.90 Å². The van der Waals surface area contributed by atoms with Crippen LogP contribution < -0.4 is 4.31 Å². The highest BCUT2D eigenvalue weighted by molar-refractivity contribution is 7.92. The van der Waals surface area contributed by atoms with Gasteiger partial charge in [-0.2, -0.15) is 0 Å². The van der Waals surface area contributed by atoms with Gasteiger partial charge in [-0.05, 0) is 36.2 Å². The quantitative estimate of drug-likeness (QED) is 0.721. The molecular formula is C19H23ClN2O3S. The lowest BCUT2D eigenvalue weighted by Gasteiger charge is -2.33. The Balaban J connectivity index is 2.32. The summed E-state index contributed by atoms with van der Waals surface area (Å²) in [4.78, 5) is 14.6. The minimum atomic E-state index is -3.65. The molecule has 2 aromatic carbocycles. The molecule has 1 amide bonds. The van der Waals surface area contributed by atoms with Crippen LogP contribution in [0.1, 0.15) is 18.9 Å². The van der Waals surface area contributed by atoms with Gasteiger partial charge >= 0.3 is 0 Å². The fourth-order valence-electron chi connectivity index (χ4n) is 2.82. The van der Waals surface area contributed by atoms with Crippen LogP contribution in [0, 0.1) is 0 Å². The molecule has 0 aromatic heterocycles. The van der Waals surface area contributed by atoms with E-state index >= 15 is 0 Å². The second-order valence-electron chi connectivity index (χ2n) is 6.14. The maximum atomic E-state index is 13.0. The third-order valence-electron chi connectivity index (χ3n) is 4.03. The van der Waals surface area contributed by atoms with E-state index < -0.39 is 16.1 Å². The number of benzene rings is 2. The van der Waals surface area contributed by atoms with E-state index in [9.17, 15) is 13.2 Å². The Labute approximate surface area is 160 Å². The van der Waals surface area contributed by atoms with Crippen molar-refractivity contribution >= 4 is 33.2 Å². The molecule has 26 heavy (non-hydrogen) atoms. The van der Waals surface area contributed by atoms with Gasteiger partial charge in [-0.3, -0.25) is 9.10 Å². The summed E-state index contributed by atoms with van der Waals surface area (Å²) in [5.74, 6) is -0.253. The van der Waals surface area contributed by atoms with Gasteiger partial charge in [0.25, 0.3) is 0 Å². The average molecular weight is 395 g/mol. The van der Waals surface area contributed by atoms with E-state index in [2.05, 4.69) is 0 Å². The third-order valence-corrected chi connectivity index (χ3v) is 5.46. The number of sulfonamides is 1. The molecule has 0 fully saturated rings. The van der Waals surface area contributed by atoms with Gasteiger partial charge in [0.2, 0.25) is 15.9 Å². The van der Waals surface area contributed by atoms with Gasteiger partial charge in [0.1, 0.15) is 6.04 Å². The van der Waals surface area contributed by atoms with Crippen LogP contribution in [0.3, 0.4) is 0 Å². The molecule has 0 bridgehead atoms. The summed E-state index contributed by atoms with van der Waals surface area (Å²) in [6.45, 7) is 2.21. The lowest BCUT2D eigenvalue weighted by atomic mass is 10.1. The first-order valence-electron chi connectivity index (χ1n) is 8.28. The number of anilines is 1. The summed E-state index contributed by atoms with van der Waals surface area (Å²) in [6.07, 6.45) is 1.46. The SMILES string of the molecule is CC[C@H](C(=O)N(C)Cc1ccccc1)N(c1ccc(Cl)cc1)S(C)(=O)=O. The Morgan fingerprint density at radius 1 is 1.08 bits per heavy atom. The van der Waals surface area contributed by atoms with Gasteiger partial charge in [-0.1, -0.05) is 48.9 Å². The fourth-order valence-corrected chi connectivity index (χ4v) is 4.15. The Hall–Kier alpha value is -2.05. The van der Waals surface area contributed by atoms with Crippen molar-refractivity contribution in [3.8, 4) is 0 Å². The third kappa shape index (κ3) is 4.99. The molecule has 0 aliphatic carbocycles. The molecule has 0 aliphatic heterocycles. The number of rotatable bonds is 7. The Bertz CT molecular complexity index is 839. The summed E-state index contributed by atoms with van der Waals surface area (Å²) in [6, 6.07) is 15.2. The monoisotopic (exact) mass is 394 g/mol. The number of likely N-dealkylation sites (N-methyl/N-ethyl adjacent to an activating group) is 1. The molecule has 0 N–H and O–H groups in total. The average Bonchev–Trinajstić information content (AvgIpc) is 2.60. The summed E-state index contributed by atoms with van der Waals surface area (Å²) in [5, 5.41) is 0.503. The Morgan fingerprint density at radius 3 is 2.15 bits per heavy atom. The Kier molecular flexibility index (Phi) is 6.67. The number of carbonyl (C=O) groups is 1. The van der Waals surface area contributed by atoms with E-state index in [-0.39, 0.29) is 5.91 Å². The molecule has 2 aromatic rings. The predicted octanol–water partition coefficient (Wildman–Crippen LogP) is 3.54. The zero-order valence-electron chi connectivity index (χ0n) is 15.1. The van der Waals surface area contributed by atoms with Gasteiger partial charge in [-0.25, -0.2) is 8.42 Å². The molecule has 140 valence electrons. The molecule has 0 saturated heterocycles. The van der Waals surface area contributed by atoms with Gasteiger partial charge in [0, 0.05) is 18.6 Å². The number of hydrogen-bond donors (Lipinski definition) is 0. The lowest BCUT2D eigenvalue weighted by molar-refractivity contribution is -0.131. The van der Waals surface area contributed by atoms with Crippen LogP contribution in [0.2, 0.25) is 5.02 Å². The van der Waals surface area contributed by atoms with Crippen LogP contribution in [-0.4, -0.2) is 38.6 Å². The van der Waals surface area contributed by atoms with Crippen LogP contribution in [-0.2, 0) is 21.4 Å². The van der Waals surface area contributed by atoms with E-state index in [1.807, 2.05) is 30.3 Å². The maximum absolute atomic E-state index is 13.0. The second kappa shape index (κ2) is 8.56. The van der Waals surface area contributed by atoms with Crippen molar-refractivity contribution in [2.75, 3.05) is 17.6 Å². The van der Waals surface area contributed by atoms with Crippen LogP contribution in [0.5, 0.6) is 0 Å². The minimum Gasteiger partial charge on any atom is -0.340 e. The fraction of sp³-hybridized carbons (Fsp3) is 0.316. The first kappa shape index (κ1) is 20.3. The van der Waals surface area contributed by atoms with Crippen molar-refractivity contribution in [3.05, 3.63) is 65.2 Å². The normalized spacial score (nSPS) is 12.5. The zero-order chi connectivity index (χ0) is 19.3. The van der Waals surface area contributed by atoms with Crippen LogP contribution in [0.4, 0.5) is 5.69 Å². The molecule has 0 unspecified atom stereocenters. The highest BCUT2D eigenvalue weighted by Crippen LogP contribution is 2.25. The minimum absolute atomic E-state index is 0.253. The van der Waals surface area contributed by atoms with Gasteiger partial charge in [0.15, 0.2) is 0 Å². The van der Waals surface area contributed by atoms with Crippen molar-refractivity contribution < 1.29 is 13.2 Å². The highest BCUT2D eigenvalue weighted by atomic mass is 35.5. The standard InChI is InChI=1S/C19H23ClN2O3S/c1-4-18(19(23)21(2)14-15-8-6-5-7-9-15)22(26(3,24)25)17-12-10-16(20)11-13-17/h5-13,18H,4,14H2,1-3H3/t18-/m1/s1. The predicted molar refractivity (Wildman–Crippen MR) is 106 cm³/mol. The van der Waals surface area contributed by atoms with Gasteiger partial charge < -0.3 is 4.90 Å². The summed E-state index contributed by atoms with van der Waals surface area (Å²) in [5.41, 5.74) is 1.40. The molecule has 2 rings (SSSR count). The highest BCUT2D eigenvalue weighted by Gasteiger charge is 2.33. The molecule has 0 aliphatic rings. The first-order chi connectivity index (χ1) is 12.2. The number of carbonyl (C=O) groups excluding carboxylic acids is 1. The van der Waals surface area contributed by atoms with E-state index in [0.717, 1.165) is 11.8 Å². The van der Waals surface area contributed by atoms with Crippen LogP contribution >= 0.6 is 11.6 Å². The van der Waals surface area contributed by atoms with Gasteiger partial charge in [0.05, 0.1) is 11.9 Å². The smallest absolute Gasteiger partial charge is 0.246 e. The molecule has 7 heteroatoms. The van der Waals surface area contributed by atoms with Crippen molar-refractivity contribution in [2.45, 2.75) is 25.9 Å². The molecule has 1 atom stereocenters. The second-order valence-corrected chi connectivity index (χ2v) is 8.44. The topological polar surface area (TPSA) is 57.7 Å². The number of hydrogen-bond acceptors (Lipinski definition) is 3. The molecule has 0 spiro atoms. The molecule has 5 nitrogen and oxygen atoms in total. The largest absolute Gasteiger partial charge is 0.340 e. The van der Waals surface area contributed by atoms with E-state index in [1.54, 1.807) is 43.1 Å². The summed E-state index contributed by atoms with van der Waals surface area (Å²) in [7, 11) is -1.97. The van der Waals surface area contributed by atoms with Crippen LogP contribution in [0.25, 0.3) is 0 Å². The number of halogens is 1. The van der Waals surface area contributed by atoms with Crippen molar-refractivity contribution in [2.24, 2.45) is 0 Å². The summed E-state index contributed by atoms with van der Waals surface area (Å²) >= 11 is 5.90. The van der Waals surface area contributed by atoms with Gasteiger partial charge in [-0.15, -0.1) is 0 Å². The van der Waals surface area contributed by atoms with Crippen molar-refractivity contribution in [3.63, 3.8) is 0 Å². The van der Waals surface area contributed by atoms with E-state index in [1.165, 1.54) is 4.31 Å². The number of amides is 1. The molecular weight excluding hydrogens is 372 g/mol. The van der Waals surface area contributed by atoms with Crippen molar-refractivity contribution in [1.29, 1.82) is 0 Å². The molecule has 0 saturated carbocycles.